The van der Waals surface area contributed by atoms with Crippen molar-refractivity contribution in [1.82, 2.24) is 24.0 Å². The number of imidazole rings is 2. The number of esters is 2. The number of methoxy groups -OCH3 is 2. The van der Waals surface area contributed by atoms with E-state index in [0.29, 0.717) is 11.4 Å². The Kier molecular flexibility index (Phi) is 14.1. The van der Waals surface area contributed by atoms with Crippen LogP contribution in [-0.4, -0.2) is 74.1 Å². The third-order valence-corrected chi connectivity index (χ3v) is 13.4. The third kappa shape index (κ3) is 8.86. The van der Waals surface area contributed by atoms with Crippen molar-refractivity contribution in [3.8, 4) is 0 Å². The van der Waals surface area contributed by atoms with Gasteiger partial charge >= 0.3 is 11.9 Å². The summed E-state index contributed by atoms with van der Waals surface area (Å²) in [5.74, 6) is -3.17. The van der Waals surface area contributed by atoms with Gasteiger partial charge in [-0.3, -0.25) is 9.59 Å². The van der Waals surface area contributed by atoms with Crippen LogP contribution >= 0.6 is 0 Å². The molecule has 2 heterocycles. The number of ether oxygens (including phenoxy) is 2. The van der Waals surface area contributed by atoms with Crippen molar-refractivity contribution < 1.29 is 28.7 Å². The number of rotatable bonds is 18. The van der Waals surface area contributed by atoms with Crippen molar-refractivity contribution in [2.75, 3.05) is 14.2 Å². The molecule has 0 fully saturated rings. The normalized spacial score (nSPS) is 12.3. The number of benzene rings is 7. The van der Waals surface area contributed by atoms with Gasteiger partial charge in [-0.1, -0.05) is 188 Å². The average Bonchev–Trinajstić information content (AvgIpc) is 4.12. The molecule has 2 aromatic heterocycles. The highest BCUT2D eigenvalue weighted by molar-refractivity contribution is 6.02. The van der Waals surface area contributed by atoms with E-state index in [1.807, 2.05) is 191 Å². The fraction of sp³-hybridized carbons (Fsp3) is 0.133. The van der Waals surface area contributed by atoms with Crippen LogP contribution in [0.4, 0.5) is 0 Å². The Morgan fingerprint density at radius 2 is 0.778 bits per heavy atom. The molecular formula is C60H52N6O6. The number of carbonyl (C=O) groups excluding carboxylic acids is 4. The average molecular weight is 953 g/mol. The van der Waals surface area contributed by atoms with Crippen molar-refractivity contribution in [2.45, 2.75) is 36.0 Å². The van der Waals surface area contributed by atoms with Gasteiger partial charge in [-0.15, -0.1) is 0 Å². The topological polar surface area (TPSA) is 152 Å². The van der Waals surface area contributed by atoms with E-state index >= 15 is 4.79 Å². The molecule has 0 aliphatic heterocycles. The van der Waals surface area contributed by atoms with Crippen molar-refractivity contribution >= 4 is 23.8 Å². The van der Waals surface area contributed by atoms with Gasteiger partial charge < -0.3 is 29.2 Å². The van der Waals surface area contributed by atoms with Crippen molar-refractivity contribution in [2.24, 2.45) is 5.73 Å². The molecule has 0 aliphatic rings. The van der Waals surface area contributed by atoms with E-state index in [1.54, 1.807) is 25.0 Å². The van der Waals surface area contributed by atoms with Gasteiger partial charge in [0.1, 0.15) is 23.2 Å². The molecule has 0 spiro atoms. The number of hydrogen-bond donors (Lipinski definition) is 1. The summed E-state index contributed by atoms with van der Waals surface area (Å²) < 4.78 is 15.2. The highest BCUT2D eigenvalue weighted by atomic mass is 16.5. The molecule has 12 nitrogen and oxygen atoms in total. The zero-order valence-corrected chi connectivity index (χ0v) is 39.8. The number of hydrogen-bond acceptors (Lipinski definition) is 8. The van der Waals surface area contributed by atoms with Gasteiger partial charge in [0.15, 0.2) is 0 Å². The van der Waals surface area contributed by atoms with E-state index in [4.69, 9.17) is 25.2 Å². The standard InChI is InChI=1S/C60H52N6O6/c1-71-57(69)53(37-51-39-62-41-64(51)59(45-24-9-3-10-25-45,46-26-11-4-12-27-46)47-28-13-5-14-29-47)66(56(68)44-23-21-22-43(36-44)55(61)67)54(58(70)72-2)38-52-40-63-42-65(52)60(48-30-15-6-16-31-48,49-32-17-7-18-33-49)50-34-19-8-20-35-50/h3-36,39-42,53-54H,37-38H2,1-2H3,(H2,61,67). The Hall–Kier alpha value is -9.16. The first-order valence-electron chi connectivity index (χ1n) is 23.5. The van der Waals surface area contributed by atoms with Gasteiger partial charge in [0.2, 0.25) is 5.91 Å². The second-order valence-corrected chi connectivity index (χ2v) is 17.3. The zero-order chi connectivity index (χ0) is 50.1. The molecule has 2 N–H and O–H groups in total. The molecule has 0 bridgehead atoms. The van der Waals surface area contributed by atoms with Gasteiger partial charge in [0.05, 0.1) is 26.9 Å². The Morgan fingerprint density at radius 1 is 0.472 bits per heavy atom. The molecule has 9 aromatic rings. The minimum atomic E-state index is -1.50. The maximum atomic E-state index is 15.7. The number of aromatic nitrogens is 4. The van der Waals surface area contributed by atoms with E-state index in [0.717, 1.165) is 33.4 Å². The fourth-order valence-corrected chi connectivity index (χ4v) is 10.2. The van der Waals surface area contributed by atoms with E-state index in [2.05, 4.69) is 0 Å². The number of nitrogens with zero attached hydrogens (tertiary/aromatic N) is 5. The van der Waals surface area contributed by atoms with Crippen LogP contribution in [0, 0.1) is 0 Å². The quantitative estimate of drug-likeness (QED) is 0.0662. The number of amides is 2. The molecular weight excluding hydrogens is 901 g/mol. The zero-order valence-electron chi connectivity index (χ0n) is 39.8. The number of nitrogens with two attached hydrogens (primary N) is 1. The first-order valence-corrected chi connectivity index (χ1v) is 23.5. The van der Waals surface area contributed by atoms with Crippen LogP contribution in [0.25, 0.3) is 0 Å². The second-order valence-electron chi connectivity index (χ2n) is 17.3. The molecule has 0 radical (unpaired) electrons. The summed E-state index contributed by atoms with van der Waals surface area (Å²) in [4.78, 5) is 68.8. The van der Waals surface area contributed by atoms with Crippen molar-refractivity contribution in [3.05, 3.63) is 287 Å². The maximum Gasteiger partial charge on any atom is 0.329 e. The summed E-state index contributed by atoms with van der Waals surface area (Å²) in [6, 6.07) is 62.7. The van der Waals surface area contributed by atoms with Crippen LogP contribution in [0.5, 0.6) is 0 Å². The molecule has 2 atom stereocenters. The van der Waals surface area contributed by atoms with Crippen molar-refractivity contribution in [1.29, 1.82) is 0 Å². The lowest BCUT2D eigenvalue weighted by Gasteiger charge is -2.41. The minimum absolute atomic E-state index is 0.00414. The van der Waals surface area contributed by atoms with Crippen LogP contribution in [-0.2, 0) is 43.0 Å². The number of primary amides is 1. The lowest BCUT2D eigenvalue weighted by atomic mass is 9.76. The van der Waals surface area contributed by atoms with Gasteiger partial charge in [0, 0.05) is 47.8 Å². The molecule has 9 rings (SSSR count). The molecule has 72 heavy (non-hydrogen) atoms. The number of carbonyl (C=O) groups is 4. The molecule has 2 unspecified atom stereocenters. The smallest absolute Gasteiger partial charge is 0.329 e. The summed E-state index contributed by atoms with van der Waals surface area (Å²) in [6.07, 6.45) is 6.35. The summed E-state index contributed by atoms with van der Waals surface area (Å²) >= 11 is 0. The molecule has 358 valence electrons. The summed E-state index contributed by atoms with van der Waals surface area (Å²) in [5, 5.41) is 0. The van der Waals surface area contributed by atoms with Crippen LogP contribution in [0.15, 0.2) is 231 Å². The molecule has 12 heteroatoms. The molecule has 2 amide bonds. The fourth-order valence-electron chi connectivity index (χ4n) is 10.2. The Balaban J connectivity index is 1.26. The van der Waals surface area contributed by atoms with Gasteiger partial charge in [-0.2, -0.15) is 0 Å². The van der Waals surface area contributed by atoms with Gasteiger partial charge in [-0.25, -0.2) is 19.6 Å². The highest BCUT2D eigenvalue weighted by Gasteiger charge is 2.46. The predicted molar refractivity (Wildman–Crippen MR) is 274 cm³/mol. The lowest BCUT2D eigenvalue weighted by Crippen LogP contribution is -2.56. The van der Waals surface area contributed by atoms with E-state index < -0.39 is 46.9 Å². The lowest BCUT2D eigenvalue weighted by molar-refractivity contribution is -0.152. The molecule has 7 aromatic carbocycles. The second kappa shape index (κ2) is 21.2. The van der Waals surface area contributed by atoms with Crippen molar-refractivity contribution in [3.63, 3.8) is 0 Å². The summed E-state index contributed by atoms with van der Waals surface area (Å²) in [7, 11) is 2.47. The monoisotopic (exact) mass is 952 g/mol. The van der Waals surface area contributed by atoms with Crippen LogP contribution in [0.3, 0.4) is 0 Å². The summed E-state index contributed by atoms with van der Waals surface area (Å²) in [5.41, 5.74) is 10.1. The Bertz CT molecular complexity index is 2890. The SMILES string of the molecule is COC(=O)C(Cc1cncn1C(c1ccccc1)(c1ccccc1)c1ccccc1)N(C(=O)c1cccc(C(N)=O)c1)C(Cc1cncn1C(c1ccccc1)(c1ccccc1)c1ccccc1)C(=O)OC. The largest absolute Gasteiger partial charge is 0.467 e. The molecule has 0 saturated carbocycles. The van der Waals surface area contributed by atoms with Gasteiger partial charge in [0.25, 0.3) is 5.91 Å². The van der Waals surface area contributed by atoms with Gasteiger partial charge in [-0.05, 0) is 51.6 Å². The molecule has 0 aliphatic carbocycles. The van der Waals surface area contributed by atoms with E-state index in [1.165, 1.54) is 43.4 Å². The van der Waals surface area contributed by atoms with E-state index in [9.17, 15) is 14.4 Å². The van der Waals surface area contributed by atoms with E-state index in [-0.39, 0.29) is 24.0 Å². The Morgan fingerprint density at radius 3 is 1.07 bits per heavy atom. The summed E-state index contributed by atoms with van der Waals surface area (Å²) in [6.45, 7) is 0. The highest BCUT2D eigenvalue weighted by Crippen LogP contribution is 2.44. The first-order chi connectivity index (χ1) is 35.2. The minimum Gasteiger partial charge on any atom is -0.467 e. The van der Waals surface area contributed by atoms with Crippen LogP contribution in [0.2, 0.25) is 0 Å². The molecule has 0 saturated heterocycles. The maximum absolute atomic E-state index is 15.7. The van der Waals surface area contributed by atoms with Crippen LogP contribution < -0.4 is 5.73 Å². The van der Waals surface area contributed by atoms with Crippen LogP contribution in [0.1, 0.15) is 65.5 Å². The Labute approximate surface area is 418 Å². The predicted octanol–water partition coefficient (Wildman–Crippen LogP) is 8.87. The first kappa shape index (κ1) is 47.9. The third-order valence-electron chi connectivity index (χ3n) is 13.4.